The molecule has 0 heterocycles. The van der Waals surface area contributed by atoms with Gasteiger partial charge in [-0.25, -0.2) is 0 Å². The van der Waals surface area contributed by atoms with Crippen LogP contribution in [0.1, 0.15) is 110 Å². The standard InChI is InChI=1S/C20H41FO/c1-2-19-22-20-17-15-13-11-9-7-5-3-4-6-8-10-12-14-16-18-21/h2-20H2,1H3. The van der Waals surface area contributed by atoms with Crippen molar-refractivity contribution in [3.05, 3.63) is 0 Å². The summed E-state index contributed by atoms with van der Waals surface area (Å²) < 4.78 is 17.4. The van der Waals surface area contributed by atoms with Crippen LogP contribution in [-0.2, 0) is 4.74 Å². The first-order chi connectivity index (χ1) is 10.9. The molecule has 0 aliphatic carbocycles. The van der Waals surface area contributed by atoms with Gasteiger partial charge in [-0.05, 0) is 19.3 Å². The van der Waals surface area contributed by atoms with Crippen LogP contribution in [0.25, 0.3) is 0 Å². The molecule has 0 aromatic heterocycles. The third-order valence-electron chi connectivity index (χ3n) is 4.27. The molecular formula is C20H41FO. The molecule has 0 rings (SSSR count). The Morgan fingerprint density at radius 3 is 1.23 bits per heavy atom. The molecule has 0 spiro atoms. The molecule has 0 fully saturated rings. The molecule has 0 saturated carbocycles. The first kappa shape index (κ1) is 21.9. The van der Waals surface area contributed by atoms with Gasteiger partial charge in [0, 0.05) is 13.2 Å². The van der Waals surface area contributed by atoms with Crippen LogP contribution < -0.4 is 0 Å². The van der Waals surface area contributed by atoms with E-state index in [0.717, 1.165) is 32.5 Å². The highest BCUT2D eigenvalue weighted by molar-refractivity contribution is 4.50. The monoisotopic (exact) mass is 316 g/mol. The van der Waals surface area contributed by atoms with Crippen molar-refractivity contribution >= 4 is 0 Å². The van der Waals surface area contributed by atoms with Crippen LogP contribution in [0.5, 0.6) is 0 Å². The lowest BCUT2D eigenvalue weighted by Gasteiger charge is -2.04. The van der Waals surface area contributed by atoms with Crippen molar-refractivity contribution < 1.29 is 9.13 Å². The second-order valence-corrected chi connectivity index (χ2v) is 6.60. The van der Waals surface area contributed by atoms with Gasteiger partial charge < -0.3 is 4.74 Å². The van der Waals surface area contributed by atoms with E-state index in [9.17, 15) is 4.39 Å². The first-order valence-corrected chi connectivity index (χ1v) is 10.1. The SMILES string of the molecule is CCCOCCCCCCCCCCCCCCCCCF. The molecule has 0 aromatic rings. The molecule has 1 nitrogen and oxygen atoms in total. The summed E-state index contributed by atoms with van der Waals surface area (Å²) in [6.45, 7) is 3.92. The van der Waals surface area contributed by atoms with Crippen molar-refractivity contribution in [2.75, 3.05) is 19.9 Å². The van der Waals surface area contributed by atoms with E-state index in [1.165, 1.54) is 83.5 Å². The molecule has 0 bridgehead atoms. The van der Waals surface area contributed by atoms with E-state index >= 15 is 0 Å². The Labute approximate surface area is 139 Å². The van der Waals surface area contributed by atoms with Crippen LogP contribution in [-0.4, -0.2) is 19.9 Å². The molecule has 0 N–H and O–H groups in total. The van der Waals surface area contributed by atoms with Crippen molar-refractivity contribution in [3.63, 3.8) is 0 Å². The molecule has 0 aliphatic rings. The van der Waals surface area contributed by atoms with E-state index in [2.05, 4.69) is 6.92 Å². The highest BCUT2D eigenvalue weighted by Gasteiger charge is 1.95. The highest BCUT2D eigenvalue weighted by Crippen LogP contribution is 2.13. The number of hydrogen-bond acceptors (Lipinski definition) is 1. The van der Waals surface area contributed by atoms with Gasteiger partial charge in [-0.1, -0.05) is 90.4 Å². The van der Waals surface area contributed by atoms with Gasteiger partial charge in [0.1, 0.15) is 0 Å². The zero-order chi connectivity index (χ0) is 16.1. The first-order valence-electron chi connectivity index (χ1n) is 10.1. The van der Waals surface area contributed by atoms with Crippen molar-refractivity contribution in [1.29, 1.82) is 0 Å². The summed E-state index contributed by atoms with van der Waals surface area (Å²) in [5.74, 6) is 0. The fourth-order valence-corrected chi connectivity index (χ4v) is 2.84. The predicted octanol–water partition coefficient (Wildman–Crippen LogP) is 7.23. The molecule has 0 amide bonds. The van der Waals surface area contributed by atoms with Crippen LogP contribution in [0.4, 0.5) is 4.39 Å². The Balaban J connectivity index is 2.91. The maximum atomic E-state index is 11.9. The van der Waals surface area contributed by atoms with E-state index < -0.39 is 0 Å². The number of halogens is 1. The Morgan fingerprint density at radius 2 is 0.864 bits per heavy atom. The molecule has 0 unspecified atom stereocenters. The van der Waals surface area contributed by atoms with Crippen molar-refractivity contribution in [2.24, 2.45) is 0 Å². The maximum Gasteiger partial charge on any atom is 0.0894 e. The molecule has 0 aliphatic heterocycles. The minimum Gasteiger partial charge on any atom is -0.381 e. The average molecular weight is 317 g/mol. The Morgan fingerprint density at radius 1 is 0.500 bits per heavy atom. The summed E-state index contributed by atoms with van der Waals surface area (Å²) in [6.07, 6.45) is 20.7. The van der Waals surface area contributed by atoms with Gasteiger partial charge in [0.25, 0.3) is 0 Å². The van der Waals surface area contributed by atoms with Crippen LogP contribution >= 0.6 is 0 Å². The number of rotatable bonds is 19. The molecule has 0 aromatic carbocycles. The third-order valence-corrected chi connectivity index (χ3v) is 4.27. The number of unbranched alkanes of at least 4 members (excludes halogenated alkanes) is 14. The van der Waals surface area contributed by atoms with Gasteiger partial charge >= 0.3 is 0 Å². The summed E-state index contributed by atoms with van der Waals surface area (Å²) in [4.78, 5) is 0. The summed E-state index contributed by atoms with van der Waals surface area (Å²) in [6, 6.07) is 0. The minimum atomic E-state index is -0.132. The maximum absolute atomic E-state index is 11.9. The lowest BCUT2D eigenvalue weighted by Crippen LogP contribution is -1.95. The zero-order valence-corrected chi connectivity index (χ0v) is 15.2. The topological polar surface area (TPSA) is 9.23 Å². The van der Waals surface area contributed by atoms with E-state index in [-0.39, 0.29) is 6.67 Å². The van der Waals surface area contributed by atoms with E-state index in [4.69, 9.17) is 4.74 Å². The molecular weight excluding hydrogens is 275 g/mol. The molecule has 134 valence electrons. The van der Waals surface area contributed by atoms with Gasteiger partial charge in [0.2, 0.25) is 0 Å². The van der Waals surface area contributed by atoms with E-state index in [1.54, 1.807) is 0 Å². The molecule has 2 heteroatoms. The fraction of sp³-hybridized carbons (Fsp3) is 1.00. The Hall–Kier alpha value is -0.110. The predicted molar refractivity (Wildman–Crippen MR) is 96.3 cm³/mol. The molecule has 0 atom stereocenters. The van der Waals surface area contributed by atoms with E-state index in [1.807, 2.05) is 0 Å². The summed E-state index contributed by atoms with van der Waals surface area (Å²) >= 11 is 0. The lowest BCUT2D eigenvalue weighted by atomic mass is 10.0. The number of ether oxygens (including phenoxy) is 1. The van der Waals surface area contributed by atoms with Crippen LogP contribution in [0.15, 0.2) is 0 Å². The summed E-state index contributed by atoms with van der Waals surface area (Å²) in [7, 11) is 0. The third kappa shape index (κ3) is 19.9. The lowest BCUT2D eigenvalue weighted by molar-refractivity contribution is 0.130. The van der Waals surface area contributed by atoms with Crippen molar-refractivity contribution in [2.45, 2.75) is 110 Å². The highest BCUT2D eigenvalue weighted by atomic mass is 19.1. The molecule has 22 heavy (non-hydrogen) atoms. The second kappa shape index (κ2) is 20.9. The van der Waals surface area contributed by atoms with Crippen molar-refractivity contribution in [3.8, 4) is 0 Å². The Bertz CT molecular complexity index is 165. The fourth-order valence-electron chi connectivity index (χ4n) is 2.84. The van der Waals surface area contributed by atoms with Crippen LogP contribution in [0.2, 0.25) is 0 Å². The zero-order valence-electron chi connectivity index (χ0n) is 15.2. The minimum absolute atomic E-state index is 0.132. The molecule has 0 radical (unpaired) electrons. The normalized spacial score (nSPS) is 11.2. The summed E-state index contributed by atoms with van der Waals surface area (Å²) in [5, 5.41) is 0. The van der Waals surface area contributed by atoms with Crippen LogP contribution in [0, 0.1) is 0 Å². The van der Waals surface area contributed by atoms with Crippen LogP contribution in [0.3, 0.4) is 0 Å². The average Bonchev–Trinajstić information content (AvgIpc) is 2.54. The van der Waals surface area contributed by atoms with Gasteiger partial charge in [-0.3, -0.25) is 4.39 Å². The second-order valence-electron chi connectivity index (χ2n) is 6.60. The number of hydrogen-bond donors (Lipinski definition) is 0. The quantitative estimate of drug-likeness (QED) is 0.228. The van der Waals surface area contributed by atoms with Crippen molar-refractivity contribution in [1.82, 2.24) is 0 Å². The van der Waals surface area contributed by atoms with Gasteiger partial charge in [0.15, 0.2) is 0 Å². The Kier molecular flexibility index (Phi) is 20.8. The van der Waals surface area contributed by atoms with E-state index in [0.29, 0.717) is 0 Å². The molecule has 0 saturated heterocycles. The smallest absolute Gasteiger partial charge is 0.0894 e. The van der Waals surface area contributed by atoms with Gasteiger partial charge in [-0.2, -0.15) is 0 Å². The summed E-state index contributed by atoms with van der Waals surface area (Å²) in [5.41, 5.74) is 0. The van der Waals surface area contributed by atoms with Gasteiger partial charge in [0.05, 0.1) is 6.67 Å². The van der Waals surface area contributed by atoms with Gasteiger partial charge in [-0.15, -0.1) is 0 Å². The number of alkyl halides is 1. The largest absolute Gasteiger partial charge is 0.381 e.